The average Bonchev–Trinajstić information content (AvgIpc) is 3.20. The highest BCUT2D eigenvalue weighted by molar-refractivity contribution is 5.79. The molecule has 7 heteroatoms. The third-order valence-corrected chi connectivity index (χ3v) is 3.89. The molecule has 0 saturated heterocycles. The number of furan rings is 1. The number of hydrogen-bond acceptors (Lipinski definition) is 5. The van der Waals surface area contributed by atoms with Gasteiger partial charge >= 0.3 is 0 Å². The Labute approximate surface area is 160 Å². The van der Waals surface area contributed by atoms with Gasteiger partial charge in [-0.05, 0) is 57.2 Å². The minimum absolute atomic E-state index is 0.0761. The summed E-state index contributed by atoms with van der Waals surface area (Å²) in [6.45, 7) is 7.07. The lowest BCUT2D eigenvalue weighted by Crippen LogP contribution is -2.42. The molecule has 0 spiro atoms. The molecule has 0 fully saturated rings. The Balaban J connectivity index is 1.88. The number of aliphatic imine (C=N–C) groups is 1. The standard InChI is InChI=1S/C20H29N3O4/c1-5-21-19(23-14-20(3,24)18-7-6-12-26-18)22-13-15(2)27-17-10-8-16(25-4)9-11-17/h6-12,15,24H,5,13-14H2,1-4H3,(H2,21,22,23). The maximum absolute atomic E-state index is 10.5. The average molecular weight is 375 g/mol. The SMILES string of the molecule is CCNC(=NCC(C)(O)c1ccco1)NCC(C)Oc1ccc(OC)cc1. The molecule has 0 saturated carbocycles. The van der Waals surface area contributed by atoms with Crippen LogP contribution < -0.4 is 20.1 Å². The highest BCUT2D eigenvalue weighted by Gasteiger charge is 2.26. The van der Waals surface area contributed by atoms with Gasteiger partial charge in [0.05, 0.1) is 26.5 Å². The summed E-state index contributed by atoms with van der Waals surface area (Å²) >= 11 is 0. The van der Waals surface area contributed by atoms with E-state index in [0.29, 0.717) is 24.8 Å². The van der Waals surface area contributed by atoms with Crippen molar-refractivity contribution in [2.24, 2.45) is 4.99 Å². The van der Waals surface area contributed by atoms with E-state index >= 15 is 0 Å². The first-order valence-electron chi connectivity index (χ1n) is 9.04. The highest BCUT2D eigenvalue weighted by atomic mass is 16.5. The quantitative estimate of drug-likeness (QED) is 0.461. The van der Waals surface area contributed by atoms with E-state index in [9.17, 15) is 5.11 Å². The van der Waals surface area contributed by atoms with Crippen molar-refractivity contribution in [1.82, 2.24) is 10.6 Å². The van der Waals surface area contributed by atoms with Gasteiger partial charge in [-0.2, -0.15) is 0 Å². The van der Waals surface area contributed by atoms with Crippen LogP contribution >= 0.6 is 0 Å². The van der Waals surface area contributed by atoms with Crippen molar-refractivity contribution in [3.8, 4) is 11.5 Å². The van der Waals surface area contributed by atoms with Crippen LogP contribution in [0.3, 0.4) is 0 Å². The summed E-state index contributed by atoms with van der Waals surface area (Å²) in [5.74, 6) is 2.65. The molecule has 2 rings (SSSR count). The second kappa shape index (κ2) is 9.87. The first-order valence-corrected chi connectivity index (χ1v) is 9.04. The van der Waals surface area contributed by atoms with E-state index in [4.69, 9.17) is 13.9 Å². The lowest BCUT2D eigenvalue weighted by atomic mass is 10.0. The summed E-state index contributed by atoms with van der Waals surface area (Å²) in [6.07, 6.45) is 1.46. The van der Waals surface area contributed by atoms with E-state index in [2.05, 4.69) is 15.6 Å². The second-order valence-corrected chi connectivity index (χ2v) is 6.43. The number of rotatable bonds is 9. The van der Waals surface area contributed by atoms with Gasteiger partial charge in [-0.3, -0.25) is 0 Å². The minimum atomic E-state index is -1.17. The van der Waals surface area contributed by atoms with Gasteiger partial charge in [0.1, 0.15) is 29.0 Å². The van der Waals surface area contributed by atoms with Crippen LogP contribution in [-0.2, 0) is 5.60 Å². The number of aliphatic hydroxyl groups is 1. The van der Waals surface area contributed by atoms with Gasteiger partial charge in [0.2, 0.25) is 0 Å². The van der Waals surface area contributed by atoms with Crippen LogP contribution in [0.5, 0.6) is 11.5 Å². The number of ether oxygens (including phenoxy) is 2. The van der Waals surface area contributed by atoms with Crippen LogP contribution in [0, 0.1) is 0 Å². The summed E-state index contributed by atoms with van der Waals surface area (Å²) in [4.78, 5) is 4.46. The van der Waals surface area contributed by atoms with Gasteiger partial charge in [-0.15, -0.1) is 0 Å². The Morgan fingerprint density at radius 2 is 1.93 bits per heavy atom. The zero-order chi connectivity index (χ0) is 19.7. The third kappa shape index (κ3) is 6.53. The summed E-state index contributed by atoms with van der Waals surface area (Å²) in [6, 6.07) is 10.9. The van der Waals surface area contributed by atoms with Gasteiger partial charge in [-0.25, -0.2) is 4.99 Å². The van der Waals surface area contributed by atoms with Gasteiger partial charge < -0.3 is 29.6 Å². The molecule has 0 bridgehead atoms. The number of guanidine groups is 1. The molecule has 1 aromatic carbocycles. The van der Waals surface area contributed by atoms with Crippen molar-refractivity contribution in [2.75, 3.05) is 26.7 Å². The molecule has 0 aliphatic carbocycles. The topological polar surface area (TPSA) is 88.3 Å². The molecule has 0 radical (unpaired) electrons. The van der Waals surface area contributed by atoms with Crippen molar-refractivity contribution in [1.29, 1.82) is 0 Å². The normalized spacial score (nSPS) is 14.9. The molecule has 0 aliphatic rings. The molecule has 148 valence electrons. The smallest absolute Gasteiger partial charge is 0.191 e. The Bertz CT molecular complexity index is 697. The first-order chi connectivity index (χ1) is 12.9. The van der Waals surface area contributed by atoms with Crippen LogP contribution in [0.15, 0.2) is 52.1 Å². The van der Waals surface area contributed by atoms with Crippen molar-refractivity contribution >= 4 is 5.96 Å². The van der Waals surface area contributed by atoms with E-state index in [1.165, 1.54) is 6.26 Å². The molecule has 27 heavy (non-hydrogen) atoms. The van der Waals surface area contributed by atoms with Crippen molar-refractivity contribution < 1.29 is 19.0 Å². The molecular formula is C20H29N3O4. The molecule has 3 N–H and O–H groups in total. The Kier molecular flexibility index (Phi) is 7.55. The highest BCUT2D eigenvalue weighted by Crippen LogP contribution is 2.21. The van der Waals surface area contributed by atoms with Crippen molar-refractivity contribution in [3.63, 3.8) is 0 Å². The maximum Gasteiger partial charge on any atom is 0.191 e. The van der Waals surface area contributed by atoms with E-state index in [1.807, 2.05) is 38.1 Å². The van der Waals surface area contributed by atoms with Crippen LogP contribution in [0.1, 0.15) is 26.5 Å². The number of nitrogens with zero attached hydrogens (tertiary/aromatic N) is 1. The summed E-state index contributed by atoms with van der Waals surface area (Å²) in [7, 11) is 1.63. The number of methoxy groups -OCH3 is 1. The fraction of sp³-hybridized carbons (Fsp3) is 0.450. The van der Waals surface area contributed by atoms with E-state index in [1.54, 1.807) is 26.2 Å². The first kappa shape index (κ1) is 20.6. The Morgan fingerprint density at radius 3 is 2.52 bits per heavy atom. The molecule has 1 aromatic heterocycles. The van der Waals surface area contributed by atoms with Gasteiger partial charge in [-0.1, -0.05) is 0 Å². The second-order valence-electron chi connectivity index (χ2n) is 6.43. The minimum Gasteiger partial charge on any atom is -0.497 e. The predicted molar refractivity (Wildman–Crippen MR) is 105 cm³/mol. The molecule has 2 aromatic rings. The molecule has 0 amide bonds. The van der Waals surface area contributed by atoms with E-state index in [0.717, 1.165) is 11.5 Å². The van der Waals surface area contributed by atoms with Crippen molar-refractivity contribution in [2.45, 2.75) is 32.5 Å². The Morgan fingerprint density at radius 1 is 1.22 bits per heavy atom. The number of hydrogen-bond donors (Lipinski definition) is 3. The fourth-order valence-corrected chi connectivity index (χ4v) is 2.41. The number of nitrogens with one attached hydrogen (secondary N) is 2. The monoisotopic (exact) mass is 375 g/mol. The van der Waals surface area contributed by atoms with Gasteiger partial charge in [0.25, 0.3) is 0 Å². The Hall–Kier alpha value is -2.67. The van der Waals surface area contributed by atoms with Crippen LogP contribution in [0.4, 0.5) is 0 Å². The van der Waals surface area contributed by atoms with Gasteiger partial charge in [0, 0.05) is 6.54 Å². The van der Waals surface area contributed by atoms with Crippen molar-refractivity contribution in [3.05, 3.63) is 48.4 Å². The molecule has 2 unspecified atom stereocenters. The molecule has 0 aliphatic heterocycles. The van der Waals surface area contributed by atoms with Gasteiger partial charge in [0.15, 0.2) is 5.96 Å². The predicted octanol–water partition coefficient (Wildman–Crippen LogP) is 2.52. The van der Waals surface area contributed by atoms with E-state index in [-0.39, 0.29) is 12.6 Å². The van der Waals surface area contributed by atoms with E-state index < -0.39 is 5.60 Å². The third-order valence-electron chi connectivity index (χ3n) is 3.89. The lowest BCUT2D eigenvalue weighted by molar-refractivity contribution is 0.0437. The molecular weight excluding hydrogens is 346 g/mol. The zero-order valence-electron chi connectivity index (χ0n) is 16.4. The summed E-state index contributed by atoms with van der Waals surface area (Å²) in [5.41, 5.74) is -1.17. The largest absolute Gasteiger partial charge is 0.497 e. The number of benzene rings is 1. The molecule has 1 heterocycles. The summed E-state index contributed by atoms with van der Waals surface area (Å²) in [5, 5.41) is 16.9. The summed E-state index contributed by atoms with van der Waals surface area (Å²) < 4.78 is 16.3. The van der Waals surface area contributed by atoms with Crippen LogP contribution in [-0.4, -0.2) is 43.9 Å². The zero-order valence-corrected chi connectivity index (χ0v) is 16.4. The lowest BCUT2D eigenvalue weighted by Gasteiger charge is -2.21. The fourth-order valence-electron chi connectivity index (χ4n) is 2.41. The molecule has 7 nitrogen and oxygen atoms in total. The van der Waals surface area contributed by atoms with Crippen LogP contribution in [0.2, 0.25) is 0 Å². The maximum atomic E-state index is 10.5. The molecule has 2 atom stereocenters. The van der Waals surface area contributed by atoms with Crippen LogP contribution in [0.25, 0.3) is 0 Å².